The van der Waals surface area contributed by atoms with Crippen LogP contribution in [0.2, 0.25) is 0 Å². The van der Waals surface area contributed by atoms with Gasteiger partial charge in [-0.2, -0.15) is 0 Å². The molecule has 6 heteroatoms. The number of aromatic amines is 1. The lowest BCUT2D eigenvalue weighted by molar-refractivity contribution is 0.0599. The van der Waals surface area contributed by atoms with E-state index in [1.165, 1.54) is 7.11 Å². The molecule has 1 N–H and O–H groups in total. The normalized spacial score (nSPS) is 10.8. The highest BCUT2D eigenvalue weighted by atomic mass is 32.1. The van der Waals surface area contributed by atoms with Gasteiger partial charge in [0.2, 0.25) is 0 Å². The van der Waals surface area contributed by atoms with Crippen LogP contribution in [0.15, 0.2) is 29.6 Å². The van der Waals surface area contributed by atoms with Crippen LogP contribution >= 0.6 is 11.3 Å². The number of ether oxygens (including phenoxy) is 1. The van der Waals surface area contributed by atoms with Crippen molar-refractivity contribution in [1.29, 1.82) is 0 Å². The summed E-state index contributed by atoms with van der Waals surface area (Å²) in [5.41, 5.74) is 6.18. The van der Waals surface area contributed by atoms with Gasteiger partial charge in [-0.25, -0.2) is 9.78 Å². The van der Waals surface area contributed by atoms with E-state index in [1.54, 1.807) is 11.3 Å². The first kappa shape index (κ1) is 17.2. The van der Waals surface area contributed by atoms with E-state index < -0.39 is 0 Å². The minimum Gasteiger partial charge on any atom is -0.465 e. The largest absolute Gasteiger partial charge is 0.465 e. The molecule has 25 heavy (non-hydrogen) atoms. The number of H-pyrrole nitrogens is 1. The number of hydrogen-bond acceptors (Lipinski definition) is 5. The molecule has 0 saturated heterocycles. The molecule has 0 fully saturated rings. The molecule has 0 aliphatic rings. The quantitative estimate of drug-likeness (QED) is 0.710. The average molecular weight is 355 g/mol. The number of nitrogens with zero attached hydrogens (tertiary/aromatic N) is 2. The number of anilines is 1. The van der Waals surface area contributed by atoms with Crippen LogP contribution in [-0.4, -0.2) is 37.1 Å². The van der Waals surface area contributed by atoms with Gasteiger partial charge in [0.05, 0.1) is 24.1 Å². The van der Waals surface area contributed by atoms with E-state index in [-0.39, 0.29) is 5.97 Å². The van der Waals surface area contributed by atoms with E-state index >= 15 is 0 Å². The van der Waals surface area contributed by atoms with Crippen LogP contribution in [0.3, 0.4) is 0 Å². The predicted molar refractivity (Wildman–Crippen MR) is 102 cm³/mol. The maximum atomic E-state index is 11.9. The summed E-state index contributed by atoms with van der Waals surface area (Å²) in [5.74, 6) is -0.327. The minimum absolute atomic E-state index is 0.327. The minimum atomic E-state index is -0.327. The Hall–Kier alpha value is -2.60. The lowest BCUT2D eigenvalue weighted by atomic mass is 10.1. The third-order valence-corrected chi connectivity index (χ3v) is 5.11. The van der Waals surface area contributed by atoms with Gasteiger partial charge in [-0.3, -0.25) is 0 Å². The lowest BCUT2D eigenvalue weighted by Gasteiger charge is -2.11. The van der Waals surface area contributed by atoms with Gasteiger partial charge in [-0.05, 0) is 43.7 Å². The molecule has 0 bridgehead atoms. The fourth-order valence-electron chi connectivity index (χ4n) is 2.84. The Morgan fingerprint density at radius 2 is 1.88 bits per heavy atom. The van der Waals surface area contributed by atoms with Gasteiger partial charge in [0.15, 0.2) is 0 Å². The summed E-state index contributed by atoms with van der Waals surface area (Å²) in [6.45, 7) is 3.78. The maximum Gasteiger partial charge on any atom is 0.339 e. The molecule has 2 heterocycles. The first-order valence-corrected chi connectivity index (χ1v) is 8.81. The van der Waals surface area contributed by atoms with Crippen LogP contribution in [0.4, 0.5) is 5.69 Å². The molecule has 3 aromatic rings. The Morgan fingerprint density at radius 1 is 1.20 bits per heavy atom. The SMILES string of the molecule is COC(=O)c1c(C)[nH]c(-c2csc(-c3ccc(N(C)C)cc3)n2)c1C. The number of carbonyl (C=O) groups excluding carboxylic acids is 1. The molecule has 0 unspecified atom stereocenters. The van der Waals surface area contributed by atoms with Crippen LogP contribution in [0.25, 0.3) is 22.0 Å². The number of hydrogen-bond donors (Lipinski definition) is 1. The van der Waals surface area contributed by atoms with Crippen molar-refractivity contribution in [3.8, 4) is 22.0 Å². The van der Waals surface area contributed by atoms with Crippen LogP contribution in [-0.2, 0) is 4.74 Å². The number of aromatic nitrogens is 2. The molecular formula is C19H21N3O2S. The summed E-state index contributed by atoms with van der Waals surface area (Å²) in [7, 11) is 5.43. The molecular weight excluding hydrogens is 334 g/mol. The number of esters is 1. The van der Waals surface area contributed by atoms with E-state index in [1.807, 2.05) is 33.3 Å². The number of nitrogens with one attached hydrogen (secondary N) is 1. The van der Waals surface area contributed by atoms with E-state index in [2.05, 4.69) is 34.1 Å². The zero-order valence-electron chi connectivity index (χ0n) is 15.0. The molecule has 130 valence electrons. The van der Waals surface area contributed by atoms with Crippen molar-refractivity contribution in [1.82, 2.24) is 9.97 Å². The van der Waals surface area contributed by atoms with Gasteiger partial charge in [0.25, 0.3) is 0 Å². The van der Waals surface area contributed by atoms with Crippen molar-refractivity contribution in [2.45, 2.75) is 13.8 Å². The zero-order chi connectivity index (χ0) is 18.1. The molecule has 0 saturated carbocycles. The molecule has 0 radical (unpaired) electrons. The van der Waals surface area contributed by atoms with Gasteiger partial charge in [-0.1, -0.05) is 0 Å². The Morgan fingerprint density at radius 3 is 2.48 bits per heavy atom. The highest BCUT2D eigenvalue weighted by Gasteiger charge is 2.21. The molecule has 0 aliphatic heterocycles. The second-order valence-corrected chi connectivity index (χ2v) is 6.95. The Balaban J connectivity index is 1.95. The molecule has 5 nitrogen and oxygen atoms in total. The third kappa shape index (κ3) is 3.17. The number of carbonyl (C=O) groups is 1. The van der Waals surface area contributed by atoms with Crippen molar-refractivity contribution in [2.75, 3.05) is 26.1 Å². The summed E-state index contributed by atoms with van der Waals surface area (Å²) >= 11 is 1.59. The number of methoxy groups -OCH3 is 1. The Kier molecular flexibility index (Phi) is 4.63. The third-order valence-electron chi connectivity index (χ3n) is 4.22. The van der Waals surface area contributed by atoms with Crippen molar-refractivity contribution in [2.24, 2.45) is 0 Å². The van der Waals surface area contributed by atoms with E-state index in [0.717, 1.165) is 38.9 Å². The molecule has 1 aromatic carbocycles. The van der Waals surface area contributed by atoms with Crippen LogP contribution in [0.1, 0.15) is 21.6 Å². The van der Waals surface area contributed by atoms with Crippen LogP contribution in [0.5, 0.6) is 0 Å². The maximum absolute atomic E-state index is 11.9. The van der Waals surface area contributed by atoms with E-state index in [9.17, 15) is 4.79 Å². The molecule has 0 spiro atoms. The molecule has 0 amide bonds. The second kappa shape index (κ2) is 6.72. The van der Waals surface area contributed by atoms with Crippen LogP contribution < -0.4 is 4.90 Å². The Labute approximate surface area is 151 Å². The Bertz CT molecular complexity index is 907. The molecule has 2 aromatic heterocycles. The number of benzene rings is 1. The standard InChI is InChI=1S/C19H21N3O2S/c1-11-16(19(23)24-5)12(2)20-17(11)15-10-25-18(21-15)13-6-8-14(9-7-13)22(3)4/h6-10,20H,1-5H3. The fourth-order valence-corrected chi connectivity index (χ4v) is 3.65. The van der Waals surface area contributed by atoms with Gasteiger partial charge in [0.1, 0.15) is 5.01 Å². The van der Waals surface area contributed by atoms with Crippen LogP contribution in [0, 0.1) is 13.8 Å². The van der Waals surface area contributed by atoms with Crippen molar-refractivity contribution in [3.05, 3.63) is 46.5 Å². The first-order valence-electron chi connectivity index (χ1n) is 7.93. The van der Waals surface area contributed by atoms with Gasteiger partial charge >= 0.3 is 5.97 Å². The van der Waals surface area contributed by atoms with E-state index in [4.69, 9.17) is 9.72 Å². The fraction of sp³-hybridized carbons (Fsp3) is 0.263. The molecule has 3 rings (SSSR count). The van der Waals surface area contributed by atoms with Crippen molar-refractivity contribution in [3.63, 3.8) is 0 Å². The molecule has 0 atom stereocenters. The predicted octanol–water partition coefficient (Wildman–Crippen LogP) is 4.27. The number of rotatable bonds is 4. The zero-order valence-corrected chi connectivity index (χ0v) is 15.8. The highest BCUT2D eigenvalue weighted by molar-refractivity contribution is 7.13. The second-order valence-electron chi connectivity index (χ2n) is 6.10. The lowest BCUT2D eigenvalue weighted by Crippen LogP contribution is -2.07. The smallest absolute Gasteiger partial charge is 0.339 e. The summed E-state index contributed by atoms with van der Waals surface area (Å²) in [6.07, 6.45) is 0. The van der Waals surface area contributed by atoms with Crippen molar-refractivity contribution < 1.29 is 9.53 Å². The van der Waals surface area contributed by atoms with E-state index in [0.29, 0.717) is 5.56 Å². The van der Waals surface area contributed by atoms with Gasteiger partial charge < -0.3 is 14.6 Å². The summed E-state index contributed by atoms with van der Waals surface area (Å²) in [4.78, 5) is 22.0. The van der Waals surface area contributed by atoms with Crippen molar-refractivity contribution >= 4 is 23.0 Å². The number of aryl methyl sites for hydroxylation is 1. The highest BCUT2D eigenvalue weighted by Crippen LogP contribution is 2.32. The first-order chi connectivity index (χ1) is 11.9. The summed E-state index contributed by atoms with van der Waals surface area (Å²) in [5, 5.41) is 2.96. The number of thiazole rings is 1. The van der Waals surface area contributed by atoms with Gasteiger partial charge in [0, 0.05) is 36.4 Å². The topological polar surface area (TPSA) is 58.2 Å². The summed E-state index contributed by atoms with van der Waals surface area (Å²) < 4.78 is 4.87. The van der Waals surface area contributed by atoms with Gasteiger partial charge in [-0.15, -0.1) is 11.3 Å². The average Bonchev–Trinajstić information content (AvgIpc) is 3.19. The monoisotopic (exact) mass is 355 g/mol. The molecule has 0 aliphatic carbocycles. The summed E-state index contributed by atoms with van der Waals surface area (Å²) in [6, 6.07) is 8.31.